The normalized spacial score (nSPS) is 19.2. The van der Waals surface area contributed by atoms with E-state index in [2.05, 4.69) is 15.3 Å². The lowest BCUT2D eigenvalue weighted by Gasteiger charge is -2.34. The second kappa shape index (κ2) is 9.81. The Bertz CT molecular complexity index is 1070. The van der Waals surface area contributed by atoms with Crippen molar-refractivity contribution in [3.05, 3.63) is 47.6 Å². The number of hydrogen-bond donors (Lipinski definition) is 2. The van der Waals surface area contributed by atoms with E-state index >= 15 is 0 Å². The molecule has 3 heterocycles. The van der Waals surface area contributed by atoms with Crippen molar-refractivity contribution < 1.29 is 40.3 Å². The first-order valence-electron chi connectivity index (χ1n) is 9.97. The third-order valence-corrected chi connectivity index (χ3v) is 4.99. The van der Waals surface area contributed by atoms with Crippen LogP contribution in [-0.2, 0) is 9.59 Å². The van der Waals surface area contributed by atoms with E-state index in [4.69, 9.17) is 0 Å². The van der Waals surface area contributed by atoms with Crippen LogP contribution in [0.1, 0.15) is 19.8 Å². The van der Waals surface area contributed by atoms with E-state index in [1.165, 1.54) is 13.0 Å². The number of aromatic nitrogens is 1. The van der Waals surface area contributed by atoms with Gasteiger partial charge in [0.1, 0.15) is 23.5 Å². The number of pyridine rings is 1. The van der Waals surface area contributed by atoms with Gasteiger partial charge in [0.05, 0.1) is 24.2 Å². The van der Waals surface area contributed by atoms with E-state index in [0.717, 1.165) is 11.1 Å². The summed E-state index contributed by atoms with van der Waals surface area (Å²) in [5.41, 5.74) is -0.727. The average molecular weight is 493 g/mol. The number of anilines is 1. The maximum Gasteiger partial charge on any atom is 0.408 e. The summed E-state index contributed by atoms with van der Waals surface area (Å²) in [7, 11) is 0. The molecular formula is C20H18F7N5O2. The van der Waals surface area contributed by atoms with Crippen molar-refractivity contribution in [2.45, 2.75) is 38.4 Å². The summed E-state index contributed by atoms with van der Waals surface area (Å²) in [6, 6.07) is -1.78. The third-order valence-electron chi connectivity index (χ3n) is 4.99. The summed E-state index contributed by atoms with van der Waals surface area (Å²) in [5.74, 6) is -6.65. The van der Waals surface area contributed by atoms with Crippen LogP contribution >= 0.6 is 0 Å². The molecule has 1 unspecified atom stereocenters. The second-order valence-corrected chi connectivity index (χ2v) is 7.33. The van der Waals surface area contributed by atoms with Gasteiger partial charge in [-0.1, -0.05) is 6.92 Å². The Morgan fingerprint density at radius 1 is 1.29 bits per heavy atom. The molecule has 14 heteroatoms. The Labute approximate surface area is 188 Å². The Balaban J connectivity index is 2.04. The molecule has 2 aliphatic heterocycles. The fourth-order valence-electron chi connectivity index (χ4n) is 3.34. The number of carbonyl (C=O) groups is 2. The molecule has 1 aromatic heterocycles. The van der Waals surface area contributed by atoms with Crippen molar-refractivity contribution in [1.29, 1.82) is 0 Å². The zero-order valence-electron chi connectivity index (χ0n) is 17.5. The van der Waals surface area contributed by atoms with Crippen LogP contribution in [0.25, 0.3) is 0 Å². The minimum Gasteiger partial charge on any atom is -0.365 e. The van der Waals surface area contributed by atoms with Crippen molar-refractivity contribution in [2.24, 2.45) is 10.9 Å². The summed E-state index contributed by atoms with van der Waals surface area (Å²) in [4.78, 5) is 34.0. The van der Waals surface area contributed by atoms with Crippen molar-refractivity contribution in [3.63, 3.8) is 0 Å². The molecule has 0 bridgehead atoms. The van der Waals surface area contributed by atoms with Gasteiger partial charge in [-0.3, -0.25) is 14.5 Å². The van der Waals surface area contributed by atoms with Crippen LogP contribution in [0.5, 0.6) is 0 Å². The molecule has 0 aliphatic carbocycles. The van der Waals surface area contributed by atoms with E-state index < -0.39 is 72.2 Å². The highest BCUT2D eigenvalue weighted by atomic mass is 19.4. The third kappa shape index (κ3) is 5.37. The molecule has 0 saturated carbocycles. The van der Waals surface area contributed by atoms with Crippen LogP contribution in [0.4, 0.5) is 36.6 Å². The number of alkyl halides is 5. The monoisotopic (exact) mass is 493 g/mol. The Morgan fingerprint density at radius 2 is 2.00 bits per heavy atom. The number of halogens is 7. The quantitative estimate of drug-likeness (QED) is 0.450. The van der Waals surface area contributed by atoms with Gasteiger partial charge in [0.25, 0.3) is 12.3 Å². The van der Waals surface area contributed by atoms with Gasteiger partial charge in [-0.05, 0) is 18.9 Å². The number of nitrogens with one attached hydrogen (secondary N) is 2. The van der Waals surface area contributed by atoms with E-state index in [0.29, 0.717) is 12.3 Å². The molecule has 0 saturated heterocycles. The number of rotatable bonds is 7. The van der Waals surface area contributed by atoms with Gasteiger partial charge in [0.15, 0.2) is 17.4 Å². The highest BCUT2D eigenvalue weighted by molar-refractivity contribution is 6.30. The van der Waals surface area contributed by atoms with Crippen LogP contribution in [0, 0.1) is 17.6 Å². The van der Waals surface area contributed by atoms with Gasteiger partial charge >= 0.3 is 6.18 Å². The van der Waals surface area contributed by atoms with Gasteiger partial charge in [0, 0.05) is 12.3 Å². The summed E-state index contributed by atoms with van der Waals surface area (Å²) >= 11 is 0. The van der Waals surface area contributed by atoms with E-state index in [9.17, 15) is 40.3 Å². The molecule has 1 amide bonds. The number of fused-ring (bicyclic) bond motifs is 1. The topological polar surface area (TPSA) is 86.7 Å². The average Bonchev–Trinajstić information content (AvgIpc) is 2.75. The number of amides is 1. The van der Waals surface area contributed by atoms with Crippen LogP contribution < -0.4 is 15.5 Å². The SMILES string of the molecule is CC[C@@H](NC(=O)C1=CN(c2ncc(F)cc2F)C2=NC(NCC(F)F)=CCC2C1=O)C(F)(F)F. The van der Waals surface area contributed by atoms with E-state index in [1.807, 2.05) is 0 Å². The number of ketones is 1. The number of aliphatic imine (C=N–C) groups is 1. The largest absolute Gasteiger partial charge is 0.408 e. The molecule has 0 spiro atoms. The molecule has 0 fully saturated rings. The number of nitrogens with zero attached hydrogens (tertiary/aromatic N) is 3. The number of hydrogen-bond acceptors (Lipinski definition) is 6. The first kappa shape index (κ1) is 25.2. The highest BCUT2D eigenvalue weighted by Crippen LogP contribution is 2.32. The van der Waals surface area contributed by atoms with Crippen molar-refractivity contribution >= 4 is 23.3 Å². The summed E-state index contributed by atoms with van der Waals surface area (Å²) in [5, 5.41) is 4.07. The molecule has 2 atom stereocenters. The van der Waals surface area contributed by atoms with Crippen LogP contribution in [0.3, 0.4) is 0 Å². The van der Waals surface area contributed by atoms with Gasteiger partial charge in [-0.25, -0.2) is 27.5 Å². The lowest BCUT2D eigenvalue weighted by Crippen LogP contribution is -2.50. The maximum absolute atomic E-state index is 14.5. The van der Waals surface area contributed by atoms with Crippen molar-refractivity contribution in [3.8, 4) is 0 Å². The smallest absolute Gasteiger partial charge is 0.365 e. The van der Waals surface area contributed by atoms with Gasteiger partial charge < -0.3 is 10.6 Å². The van der Waals surface area contributed by atoms with Gasteiger partial charge in [0.2, 0.25) is 0 Å². The molecule has 0 aromatic carbocycles. The summed E-state index contributed by atoms with van der Waals surface area (Å²) < 4.78 is 92.3. The predicted molar refractivity (Wildman–Crippen MR) is 106 cm³/mol. The van der Waals surface area contributed by atoms with Crippen LogP contribution in [0.2, 0.25) is 0 Å². The molecule has 2 N–H and O–H groups in total. The molecular weight excluding hydrogens is 475 g/mol. The number of Topliss-reactive ketones (excluding diaryl/α,β-unsaturated/α-hetero) is 1. The lowest BCUT2D eigenvalue weighted by molar-refractivity contribution is -0.161. The van der Waals surface area contributed by atoms with Crippen LogP contribution in [-0.4, -0.2) is 47.7 Å². The Morgan fingerprint density at radius 3 is 2.59 bits per heavy atom. The second-order valence-electron chi connectivity index (χ2n) is 7.33. The minimum absolute atomic E-state index is 0.0729. The first-order chi connectivity index (χ1) is 15.9. The maximum atomic E-state index is 14.5. The molecule has 34 heavy (non-hydrogen) atoms. The highest BCUT2D eigenvalue weighted by Gasteiger charge is 2.44. The minimum atomic E-state index is -4.78. The summed E-state index contributed by atoms with van der Waals surface area (Å²) in [6.07, 6.45) is -5.52. The van der Waals surface area contributed by atoms with E-state index in [1.54, 1.807) is 5.32 Å². The fourth-order valence-corrected chi connectivity index (χ4v) is 3.34. The Hall–Kier alpha value is -3.45. The van der Waals surface area contributed by atoms with Crippen molar-refractivity contribution in [2.75, 3.05) is 11.4 Å². The number of allylic oxidation sites excluding steroid dienone is 1. The van der Waals surface area contributed by atoms with Gasteiger partial charge in [-0.2, -0.15) is 13.2 Å². The molecule has 1 aromatic rings. The first-order valence-corrected chi connectivity index (χ1v) is 9.97. The lowest BCUT2D eigenvalue weighted by atomic mass is 9.88. The predicted octanol–water partition coefficient (Wildman–Crippen LogP) is 3.20. The number of amidine groups is 1. The zero-order chi connectivity index (χ0) is 25.2. The zero-order valence-corrected chi connectivity index (χ0v) is 17.5. The summed E-state index contributed by atoms with van der Waals surface area (Å²) in [6.45, 7) is 0.411. The fraction of sp³-hybridized carbons (Fsp3) is 0.400. The Kier molecular flexibility index (Phi) is 7.26. The van der Waals surface area contributed by atoms with Gasteiger partial charge in [-0.15, -0.1) is 0 Å². The standard InChI is InChI=1S/C20H18F7N5O2/c1-2-13(20(25,26)27)30-19(34)11-8-32(18-12(22)5-9(21)6-29-18)17-10(16(11)33)3-4-15(31-17)28-7-14(23)24/h4-6,8,10,13-14,28H,2-3,7H2,1H3,(H,30,34)/t10?,13-/m1/s1. The van der Waals surface area contributed by atoms with E-state index in [-0.39, 0.29) is 18.1 Å². The van der Waals surface area contributed by atoms with Crippen LogP contribution in [0.15, 0.2) is 40.9 Å². The van der Waals surface area contributed by atoms with Crippen molar-refractivity contribution in [1.82, 2.24) is 15.6 Å². The molecule has 184 valence electrons. The molecule has 7 nitrogen and oxygen atoms in total. The molecule has 2 aliphatic rings. The number of carbonyl (C=O) groups excluding carboxylic acids is 2. The molecule has 0 radical (unpaired) electrons. The molecule has 3 rings (SSSR count).